The van der Waals surface area contributed by atoms with Crippen LogP contribution in [0.5, 0.6) is 5.75 Å². The van der Waals surface area contributed by atoms with Crippen molar-refractivity contribution in [1.82, 2.24) is 0 Å². The maximum Gasteiger partial charge on any atom is 0.320 e. The van der Waals surface area contributed by atoms with Crippen molar-refractivity contribution in [3.05, 3.63) is 29.8 Å². The maximum absolute atomic E-state index is 12.6. The summed E-state index contributed by atoms with van der Waals surface area (Å²) in [4.78, 5) is 37.4. The summed E-state index contributed by atoms with van der Waals surface area (Å²) < 4.78 is 10.2. The quantitative estimate of drug-likeness (QED) is 0.458. The number of carbonyl (C=O) groups excluding carboxylic acids is 3. The largest absolute Gasteiger partial charge is 0.497 e. The smallest absolute Gasteiger partial charge is 0.320 e. The molecule has 1 aromatic rings. The lowest BCUT2D eigenvalue weighted by Crippen LogP contribution is -2.44. The third kappa shape index (κ3) is 3.60. The van der Waals surface area contributed by atoms with E-state index in [4.69, 9.17) is 9.47 Å². The molecule has 0 radical (unpaired) electrons. The van der Waals surface area contributed by atoms with Gasteiger partial charge in [-0.25, -0.2) is 0 Å². The summed E-state index contributed by atoms with van der Waals surface area (Å²) >= 11 is 0. The number of carbonyl (C=O) groups is 3. The molecule has 0 heterocycles. The summed E-state index contributed by atoms with van der Waals surface area (Å²) in [7, 11) is 1.55. The second-order valence-electron chi connectivity index (χ2n) is 5.76. The average molecular weight is 318 g/mol. The minimum Gasteiger partial charge on any atom is -0.497 e. The van der Waals surface area contributed by atoms with Crippen molar-refractivity contribution in [3.63, 3.8) is 0 Å². The normalized spacial score (nSPS) is 20.9. The van der Waals surface area contributed by atoms with Crippen LogP contribution in [0.4, 0.5) is 0 Å². The van der Waals surface area contributed by atoms with Crippen LogP contribution in [0.25, 0.3) is 0 Å². The highest BCUT2D eigenvalue weighted by molar-refractivity contribution is 6.10. The molecule has 1 aliphatic carbocycles. The van der Waals surface area contributed by atoms with Crippen LogP contribution in [0.15, 0.2) is 24.3 Å². The molecule has 1 saturated carbocycles. The first-order valence-electron chi connectivity index (χ1n) is 7.91. The van der Waals surface area contributed by atoms with Crippen LogP contribution in [0, 0.1) is 5.41 Å². The highest BCUT2D eigenvalue weighted by atomic mass is 16.5. The predicted octanol–water partition coefficient (Wildman–Crippen LogP) is 2.96. The van der Waals surface area contributed by atoms with Gasteiger partial charge < -0.3 is 9.47 Å². The molecule has 124 valence electrons. The van der Waals surface area contributed by atoms with E-state index in [9.17, 15) is 14.4 Å². The van der Waals surface area contributed by atoms with Gasteiger partial charge in [0.15, 0.2) is 11.6 Å². The van der Waals surface area contributed by atoms with Gasteiger partial charge in [-0.2, -0.15) is 0 Å². The average Bonchev–Trinajstić information content (AvgIpc) is 2.57. The maximum atomic E-state index is 12.6. The number of benzene rings is 1. The number of hydrogen-bond acceptors (Lipinski definition) is 5. The topological polar surface area (TPSA) is 69.7 Å². The van der Waals surface area contributed by atoms with Gasteiger partial charge in [0.2, 0.25) is 0 Å². The highest BCUT2D eigenvalue weighted by Crippen LogP contribution is 2.39. The molecule has 0 aliphatic heterocycles. The standard InChI is InChI=1S/C18H22O5/c1-3-23-17(21)18(11-5-4-6-16(18)20)12-15(19)13-7-9-14(22-2)10-8-13/h7-10H,3-6,11-12H2,1-2H3. The summed E-state index contributed by atoms with van der Waals surface area (Å²) in [6, 6.07) is 6.67. The van der Waals surface area contributed by atoms with Gasteiger partial charge in [0.25, 0.3) is 0 Å². The minimum absolute atomic E-state index is 0.128. The Labute approximate surface area is 136 Å². The van der Waals surface area contributed by atoms with Crippen molar-refractivity contribution >= 4 is 17.5 Å². The molecule has 1 aliphatic rings. The molecule has 1 atom stereocenters. The molecule has 1 aromatic carbocycles. The first-order valence-corrected chi connectivity index (χ1v) is 7.91. The Morgan fingerprint density at radius 1 is 1.17 bits per heavy atom. The number of ether oxygens (including phenoxy) is 2. The molecule has 23 heavy (non-hydrogen) atoms. The van der Waals surface area contributed by atoms with Gasteiger partial charge in [-0.05, 0) is 44.0 Å². The Kier molecular flexibility index (Phi) is 5.53. The van der Waals surface area contributed by atoms with E-state index in [0.717, 1.165) is 12.8 Å². The summed E-state index contributed by atoms with van der Waals surface area (Å²) in [6.07, 6.45) is 2.09. The van der Waals surface area contributed by atoms with E-state index < -0.39 is 11.4 Å². The molecular formula is C18H22O5. The Morgan fingerprint density at radius 3 is 2.43 bits per heavy atom. The molecule has 5 heteroatoms. The van der Waals surface area contributed by atoms with Gasteiger partial charge >= 0.3 is 5.97 Å². The molecule has 0 amide bonds. The molecule has 0 N–H and O–H groups in total. The second kappa shape index (κ2) is 7.40. The zero-order valence-electron chi connectivity index (χ0n) is 13.6. The predicted molar refractivity (Wildman–Crippen MR) is 84.5 cm³/mol. The third-order valence-electron chi connectivity index (χ3n) is 4.33. The van der Waals surface area contributed by atoms with E-state index in [2.05, 4.69) is 0 Å². The van der Waals surface area contributed by atoms with E-state index in [1.54, 1.807) is 38.3 Å². The van der Waals surface area contributed by atoms with Crippen molar-refractivity contribution in [1.29, 1.82) is 0 Å². The monoisotopic (exact) mass is 318 g/mol. The molecule has 0 spiro atoms. The fourth-order valence-electron chi connectivity index (χ4n) is 2.99. The summed E-state index contributed by atoms with van der Waals surface area (Å²) in [5.41, 5.74) is -0.849. The van der Waals surface area contributed by atoms with Crippen molar-refractivity contribution in [3.8, 4) is 5.75 Å². The van der Waals surface area contributed by atoms with Crippen LogP contribution in [-0.2, 0) is 14.3 Å². The number of Topliss-reactive ketones (excluding diaryl/α,β-unsaturated/α-hetero) is 2. The Balaban J connectivity index is 2.24. The van der Waals surface area contributed by atoms with Crippen LogP contribution in [0.2, 0.25) is 0 Å². The zero-order valence-corrected chi connectivity index (χ0v) is 13.6. The fourth-order valence-corrected chi connectivity index (χ4v) is 2.99. The van der Waals surface area contributed by atoms with Crippen LogP contribution in [-0.4, -0.2) is 31.3 Å². The first kappa shape index (κ1) is 17.2. The van der Waals surface area contributed by atoms with Crippen LogP contribution in [0.3, 0.4) is 0 Å². The Hall–Kier alpha value is -2.17. The highest BCUT2D eigenvalue weighted by Gasteiger charge is 2.49. The minimum atomic E-state index is -1.31. The van der Waals surface area contributed by atoms with Crippen LogP contribution < -0.4 is 4.74 Å². The van der Waals surface area contributed by atoms with Gasteiger partial charge in [0.05, 0.1) is 13.7 Å². The van der Waals surface area contributed by atoms with Crippen LogP contribution in [0.1, 0.15) is 49.4 Å². The molecule has 0 saturated heterocycles. The Morgan fingerprint density at radius 2 is 1.87 bits per heavy atom. The zero-order chi connectivity index (χ0) is 16.9. The lowest BCUT2D eigenvalue weighted by atomic mass is 9.69. The molecule has 1 fully saturated rings. The van der Waals surface area contributed by atoms with E-state index in [-0.39, 0.29) is 24.6 Å². The Bertz CT molecular complexity index is 590. The number of ketones is 2. The SMILES string of the molecule is CCOC(=O)C1(CC(=O)c2ccc(OC)cc2)CCCCC1=O. The van der Waals surface area contributed by atoms with Gasteiger partial charge in [0, 0.05) is 18.4 Å². The van der Waals surface area contributed by atoms with E-state index in [0.29, 0.717) is 24.2 Å². The summed E-state index contributed by atoms with van der Waals surface area (Å²) in [6.45, 7) is 1.90. The molecule has 2 rings (SSSR count). The lowest BCUT2D eigenvalue weighted by molar-refractivity contribution is -0.162. The second-order valence-corrected chi connectivity index (χ2v) is 5.76. The first-order chi connectivity index (χ1) is 11.0. The van der Waals surface area contributed by atoms with Crippen molar-refractivity contribution in [2.75, 3.05) is 13.7 Å². The summed E-state index contributed by atoms with van der Waals surface area (Å²) in [5.74, 6) is -0.318. The van der Waals surface area contributed by atoms with Gasteiger partial charge in [-0.1, -0.05) is 6.42 Å². The van der Waals surface area contributed by atoms with Crippen molar-refractivity contribution in [2.45, 2.75) is 39.0 Å². The van der Waals surface area contributed by atoms with E-state index >= 15 is 0 Å². The molecule has 0 bridgehead atoms. The van der Waals surface area contributed by atoms with Gasteiger partial charge in [-0.3, -0.25) is 14.4 Å². The molecule has 1 unspecified atom stereocenters. The number of hydrogen-bond donors (Lipinski definition) is 0. The number of esters is 1. The molecular weight excluding hydrogens is 296 g/mol. The number of methoxy groups -OCH3 is 1. The van der Waals surface area contributed by atoms with Gasteiger partial charge in [-0.15, -0.1) is 0 Å². The molecule has 0 aromatic heterocycles. The van der Waals surface area contributed by atoms with Crippen molar-refractivity contribution in [2.24, 2.45) is 5.41 Å². The lowest BCUT2D eigenvalue weighted by Gasteiger charge is -2.32. The van der Waals surface area contributed by atoms with E-state index in [1.807, 2.05) is 0 Å². The van der Waals surface area contributed by atoms with E-state index in [1.165, 1.54) is 0 Å². The van der Waals surface area contributed by atoms with Crippen LogP contribution >= 0.6 is 0 Å². The number of rotatable bonds is 6. The summed E-state index contributed by atoms with van der Waals surface area (Å²) in [5, 5.41) is 0. The fraction of sp³-hybridized carbons (Fsp3) is 0.500. The molecule has 5 nitrogen and oxygen atoms in total. The van der Waals surface area contributed by atoms with Gasteiger partial charge in [0.1, 0.15) is 11.2 Å². The third-order valence-corrected chi connectivity index (χ3v) is 4.33. The van der Waals surface area contributed by atoms with Crippen molar-refractivity contribution < 1.29 is 23.9 Å².